The molecule has 0 saturated carbocycles. The molecule has 114 valence electrons. The molecule has 1 fully saturated rings. The van der Waals surface area contributed by atoms with Gasteiger partial charge in [-0.05, 0) is 31.9 Å². The van der Waals surface area contributed by atoms with Gasteiger partial charge in [-0.15, -0.1) is 0 Å². The lowest BCUT2D eigenvalue weighted by Crippen LogP contribution is -2.54. The summed E-state index contributed by atoms with van der Waals surface area (Å²) in [5.41, 5.74) is 6.02. The number of fused-ring (bicyclic) bond motifs is 1. The number of hydrogen-bond acceptors (Lipinski definition) is 5. The van der Waals surface area contributed by atoms with Crippen molar-refractivity contribution >= 4 is 11.0 Å². The van der Waals surface area contributed by atoms with Crippen LogP contribution in [0.1, 0.15) is 31.4 Å². The molecule has 2 heterocycles. The molecule has 1 atom stereocenters. The number of hydrogen-bond donors (Lipinski definition) is 2. The van der Waals surface area contributed by atoms with E-state index in [1.807, 2.05) is 4.90 Å². The highest BCUT2D eigenvalue weighted by Gasteiger charge is 2.33. The van der Waals surface area contributed by atoms with E-state index >= 15 is 0 Å². The summed E-state index contributed by atoms with van der Waals surface area (Å²) in [5.74, 6) is -0.0550. The number of aromatic nitrogens is 1. The van der Waals surface area contributed by atoms with Crippen LogP contribution in [0.25, 0.3) is 11.0 Å². The molecule has 0 amide bonds. The molecule has 1 aliphatic rings. The van der Waals surface area contributed by atoms with Crippen LogP contribution in [0.3, 0.4) is 0 Å². The van der Waals surface area contributed by atoms with Gasteiger partial charge < -0.3 is 15.4 Å². The lowest BCUT2D eigenvalue weighted by Gasteiger charge is -2.40. The predicted molar refractivity (Wildman–Crippen MR) is 77.2 cm³/mol. The first-order valence-electron chi connectivity index (χ1n) is 7.23. The lowest BCUT2D eigenvalue weighted by molar-refractivity contribution is -0.0956. The zero-order chi connectivity index (χ0) is 15.0. The van der Waals surface area contributed by atoms with E-state index in [1.54, 1.807) is 13.0 Å². The van der Waals surface area contributed by atoms with Crippen molar-refractivity contribution < 1.29 is 14.0 Å². The van der Waals surface area contributed by atoms with E-state index in [2.05, 4.69) is 5.16 Å². The van der Waals surface area contributed by atoms with Crippen molar-refractivity contribution in [3.05, 3.63) is 29.7 Å². The smallest absolute Gasteiger partial charge is 0.170 e. The van der Waals surface area contributed by atoms with E-state index < -0.39 is 5.72 Å². The topological polar surface area (TPSA) is 75.5 Å². The van der Waals surface area contributed by atoms with E-state index in [0.29, 0.717) is 5.58 Å². The van der Waals surface area contributed by atoms with Crippen LogP contribution in [0.2, 0.25) is 0 Å². The number of aliphatic hydroxyl groups is 1. The summed E-state index contributed by atoms with van der Waals surface area (Å²) in [6.07, 6.45) is 1.74. The number of halogens is 1. The Kier molecular flexibility index (Phi) is 3.69. The summed E-state index contributed by atoms with van der Waals surface area (Å²) in [4.78, 5) is 1.99. The van der Waals surface area contributed by atoms with Crippen molar-refractivity contribution in [3.63, 3.8) is 0 Å². The standard InChI is InChI=1S/C15H20FN3O2/c1-15(20,9-17)19-6-4-10(5-7-19)14-12-3-2-11(16)8-13(12)21-18-14/h2-3,8,10,20H,4-7,9,17H2,1H3. The molecule has 1 aromatic carbocycles. The fourth-order valence-corrected chi connectivity index (χ4v) is 2.99. The van der Waals surface area contributed by atoms with Gasteiger partial charge in [0.15, 0.2) is 5.58 Å². The van der Waals surface area contributed by atoms with Gasteiger partial charge in [0.25, 0.3) is 0 Å². The minimum Gasteiger partial charge on any atom is -0.375 e. The van der Waals surface area contributed by atoms with E-state index in [-0.39, 0.29) is 18.3 Å². The number of rotatable bonds is 3. The third-order valence-corrected chi connectivity index (χ3v) is 4.41. The van der Waals surface area contributed by atoms with Gasteiger partial charge in [0.2, 0.25) is 0 Å². The maximum Gasteiger partial charge on any atom is 0.170 e. The third-order valence-electron chi connectivity index (χ3n) is 4.41. The fraction of sp³-hybridized carbons (Fsp3) is 0.533. The molecule has 6 heteroatoms. The summed E-state index contributed by atoms with van der Waals surface area (Å²) in [6, 6.07) is 4.51. The minimum atomic E-state index is -0.958. The molecule has 2 aromatic rings. The van der Waals surface area contributed by atoms with Crippen LogP contribution in [0.4, 0.5) is 4.39 Å². The maximum atomic E-state index is 13.2. The quantitative estimate of drug-likeness (QED) is 0.902. The Morgan fingerprint density at radius 2 is 2.19 bits per heavy atom. The summed E-state index contributed by atoms with van der Waals surface area (Å²) < 4.78 is 18.4. The second kappa shape index (κ2) is 5.36. The van der Waals surface area contributed by atoms with Gasteiger partial charge in [-0.2, -0.15) is 0 Å². The van der Waals surface area contributed by atoms with Gasteiger partial charge >= 0.3 is 0 Å². The van der Waals surface area contributed by atoms with Crippen molar-refractivity contribution in [2.45, 2.75) is 31.4 Å². The number of likely N-dealkylation sites (tertiary alicyclic amines) is 1. The molecule has 5 nitrogen and oxygen atoms in total. The number of nitrogens with zero attached hydrogens (tertiary/aromatic N) is 2. The third kappa shape index (κ3) is 2.66. The molecule has 0 spiro atoms. The summed E-state index contributed by atoms with van der Waals surface area (Å²) in [5, 5.41) is 15.2. The van der Waals surface area contributed by atoms with Gasteiger partial charge in [-0.3, -0.25) is 4.90 Å². The van der Waals surface area contributed by atoms with Crippen LogP contribution < -0.4 is 5.73 Å². The fourth-order valence-electron chi connectivity index (χ4n) is 2.99. The van der Waals surface area contributed by atoms with E-state index in [1.165, 1.54) is 12.1 Å². The van der Waals surface area contributed by atoms with Crippen LogP contribution in [0, 0.1) is 5.82 Å². The van der Waals surface area contributed by atoms with Crippen LogP contribution in [-0.2, 0) is 0 Å². The Labute approximate surface area is 122 Å². The predicted octanol–water partition coefficient (Wildman–Crippen LogP) is 1.81. The lowest BCUT2D eigenvalue weighted by atomic mass is 9.90. The Morgan fingerprint density at radius 3 is 2.86 bits per heavy atom. The highest BCUT2D eigenvalue weighted by Crippen LogP contribution is 2.34. The average Bonchev–Trinajstić information content (AvgIpc) is 2.90. The van der Waals surface area contributed by atoms with Crippen LogP contribution >= 0.6 is 0 Å². The minimum absolute atomic E-state index is 0.212. The van der Waals surface area contributed by atoms with Gasteiger partial charge in [-0.25, -0.2) is 4.39 Å². The normalized spacial score (nSPS) is 20.8. The summed E-state index contributed by atoms with van der Waals surface area (Å²) >= 11 is 0. The number of nitrogens with two attached hydrogens (primary N) is 1. The maximum absolute atomic E-state index is 13.2. The monoisotopic (exact) mass is 293 g/mol. The number of piperidine rings is 1. The Balaban J connectivity index is 1.77. The van der Waals surface area contributed by atoms with Crippen LogP contribution in [0.5, 0.6) is 0 Å². The van der Waals surface area contributed by atoms with Gasteiger partial charge in [0.05, 0.1) is 5.69 Å². The van der Waals surface area contributed by atoms with Crippen molar-refractivity contribution in [1.29, 1.82) is 0 Å². The van der Waals surface area contributed by atoms with Crippen molar-refractivity contribution in [2.75, 3.05) is 19.6 Å². The second-order valence-corrected chi connectivity index (χ2v) is 5.89. The molecule has 1 aromatic heterocycles. The Morgan fingerprint density at radius 1 is 1.48 bits per heavy atom. The van der Waals surface area contributed by atoms with Crippen LogP contribution in [0.15, 0.2) is 22.7 Å². The molecule has 1 unspecified atom stereocenters. The summed E-state index contributed by atoms with van der Waals surface area (Å²) in [7, 11) is 0. The van der Waals surface area contributed by atoms with Gasteiger partial charge in [-0.1, -0.05) is 5.16 Å². The first kappa shape index (κ1) is 14.4. The largest absolute Gasteiger partial charge is 0.375 e. The SMILES string of the molecule is CC(O)(CN)N1CCC(c2noc3cc(F)ccc23)CC1. The Bertz CT molecular complexity index is 633. The van der Waals surface area contributed by atoms with Crippen molar-refractivity contribution in [3.8, 4) is 0 Å². The summed E-state index contributed by atoms with van der Waals surface area (Å²) in [6.45, 7) is 3.46. The average molecular weight is 293 g/mol. The molecule has 3 rings (SSSR count). The molecule has 1 aliphatic heterocycles. The van der Waals surface area contributed by atoms with Crippen LogP contribution in [-0.4, -0.2) is 40.5 Å². The molecule has 0 aliphatic carbocycles. The van der Waals surface area contributed by atoms with E-state index in [4.69, 9.17) is 10.3 Å². The van der Waals surface area contributed by atoms with Crippen molar-refractivity contribution in [1.82, 2.24) is 10.1 Å². The van der Waals surface area contributed by atoms with E-state index in [0.717, 1.165) is 37.0 Å². The molecule has 0 bridgehead atoms. The first-order valence-corrected chi connectivity index (χ1v) is 7.23. The molecule has 1 saturated heterocycles. The van der Waals surface area contributed by atoms with Gasteiger partial charge in [0, 0.05) is 37.0 Å². The molecule has 21 heavy (non-hydrogen) atoms. The first-order chi connectivity index (χ1) is 10.0. The molecule has 3 N–H and O–H groups in total. The Hall–Kier alpha value is -1.50. The highest BCUT2D eigenvalue weighted by molar-refractivity contribution is 5.79. The van der Waals surface area contributed by atoms with E-state index in [9.17, 15) is 9.50 Å². The zero-order valence-corrected chi connectivity index (χ0v) is 12.1. The zero-order valence-electron chi connectivity index (χ0n) is 12.1. The molecule has 0 radical (unpaired) electrons. The van der Waals surface area contributed by atoms with Crippen molar-refractivity contribution in [2.24, 2.45) is 5.73 Å². The second-order valence-electron chi connectivity index (χ2n) is 5.89. The number of benzene rings is 1. The highest BCUT2D eigenvalue weighted by atomic mass is 19.1. The van der Waals surface area contributed by atoms with Gasteiger partial charge in [0.1, 0.15) is 11.5 Å². The molecular formula is C15H20FN3O2. The molecular weight excluding hydrogens is 273 g/mol.